The van der Waals surface area contributed by atoms with Crippen molar-refractivity contribution < 1.29 is 24.4 Å². The summed E-state index contributed by atoms with van der Waals surface area (Å²) < 4.78 is 5.55. The number of carbonyl (C=O) groups excluding carboxylic acids is 2. The Kier molecular flexibility index (Phi) is 9.73. The van der Waals surface area contributed by atoms with Gasteiger partial charge in [0.2, 0.25) is 5.91 Å². The predicted molar refractivity (Wildman–Crippen MR) is 112 cm³/mol. The number of ether oxygens (including phenoxy) is 1. The number of amides is 1. The monoisotopic (exact) mass is 420 g/mol. The highest BCUT2D eigenvalue weighted by Crippen LogP contribution is 2.27. The first-order valence-electron chi connectivity index (χ1n) is 10.8. The summed E-state index contributed by atoms with van der Waals surface area (Å²) in [5.74, 6) is 0.198. The zero-order valence-electron chi connectivity index (χ0n) is 17.6. The third-order valence-corrected chi connectivity index (χ3v) is 5.59. The fourth-order valence-electron chi connectivity index (χ4n) is 3.97. The van der Waals surface area contributed by atoms with Crippen LogP contribution in [0.5, 0.6) is 5.75 Å². The summed E-state index contributed by atoms with van der Waals surface area (Å²) in [4.78, 5) is 36.0. The fraction of sp³-hybridized carbons (Fsp3) is 0.636. The number of nitrogens with zero attached hydrogens (tertiary/aromatic N) is 2. The molecule has 1 aromatic carbocycles. The largest absolute Gasteiger partial charge is 0.493 e. The Morgan fingerprint density at radius 3 is 2.67 bits per heavy atom. The molecule has 1 aliphatic carbocycles. The van der Waals surface area contributed by atoms with Crippen molar-refractivity contribution in [3.8, 4) is 5.75 Å². The van der Waals surface area contributed by atoms with Crippen LogP contribution in [0.2, 0.25) is 0 Å². The molecule has 0 bridgehead atoms. The SMILES string of the molecule is CCC(O)N(C(=O)CCCCCOc1cccc([N+](=O)[O-])c1C=O)C1CCCCC1. The van der Waals surface area contributed by atoms with E-state index in [1.54, 1.807) is 4.90 Å². The van der Waals surface area contributed by atoms with E-state index in [1.165, 1.54) is 24.6 Å². The van der Waals surface area contributed by atoms with E-state index in [2.05, 4.69) is 0 Å². The lowest BCUT2D eigenvalue weighted by atomic mass is 9.93. The molecule has 0 aromatic heterocycles. The molecule has 0 heterocycles. The summed E-state index contributed by atoms with van der Waals surface area (Å²) in [6.45, 7) is 2.19. The second-order valence-electron chi connectivity index (χ2n) is 7.70. The molecule has 166 valence electrons. The quantitative estimate of drug-likeness (QED) is 0.178. The minimum absolute atomic E-state index is 0.000839. The standard InChI is InChI=1S/C22H32N2O6/c1-2-21(26)23(17-10-5-3-6-11-17)22(27)14-7-4-8-15-30-20-13-9-12-19(24(28)29)18(20)16-25/h9,12-13,16-17,21,26H,2-8,10-11,14-15H2,1H3. The summed E-state index contributed by atoms with van der Waals surface area (Å²) in [7, 11) is 0. The van der Waals surface area contributed by atoms with Gasteiger partial charge in [-0.1, -0.05) is 32.3 Å². The zero-order valence-corrected chi connectivity index (χ0v) is 17.6. The molecule has 8 heteroatoms. The van der Waals surface area contributed by atoms with Gasteiger partial charge in [0.15, 0.2) is 6.29 Å². The van der Waals surface area contributed by atoms with Gasteiger partial charge in [0.1, 0.15) is 17.5 Å². The smallest absolute Gasteiger partial charge is 0.283 e. The molecule has 0 aliphatic heterocycles. The lowest BCUT2D eigenvalue weighted by molar-refractivity contribution is -0.385. The molecule has 30 heavy (non-hydrogen) atoms. The van der Waals surface area contributed by atoms with Gasteiger partial charge in [0.25, 0.3) is 5.69 Å². The molecule has 2 rings (SSSR count). The van der Waals surface area contributed by atoms with E-state index in [9.17, 15) is 24.8 Å². The summed E-state index contributed by atoms with van der Waals surface area (Å²) >= 11 is 0. The van der Waals surface area contributed by atoms with Gasteiger partial charge in [-0.25, -0.2) is 0 Å². The highest BCUT2D eigenvalue weighted by molar-refractivity contribution is 5.85. The van der Waals surface area contributed by atoms with E-state index in [4.69, 9.17) is 4.74 Å². The van der Waals surface area contributed by atoms with Crippen LogP contribution in [0.1, 0.15) is 81.5 Å². The molecule has 1 N–H and O–H groups in total. The highest BCUT2D eigenvalue weighted by atomic mass is 16.6. The van der Waals surface area contributed by atoms with Crippen LogP contribution in [0.3, 0.4) is 0 Å². The van der Waals surface area contributed by atoms with E-state index in [0.29, 0.717) is 38.6 Å². The number of hydrogen-bond donors (Lipinski definition) is 1. The summed E-state index contributed by atoms with van der Waals surface area (Å²) in [5.41, 5.74) is -0.334. The Morgan fingerprint density at radius 1 is 1.30 bits per heavy atom. The Bertz CT molecular complexity index is 718. The molecule has 1 unspecified atom stereocenters. The van der Waals surface area contributed by atoms with Gasteiger partial charge >= 0.3 is 0 Å². The molecule has 1 aliphatic rings. The summed E-state index contributed by atoms with van der Waals surface area (Å²) in [5, 5.41) is 21.3. The number of unbranched alkanes of at least 4 members (excludes halogenated alkanes) is 2. The van der Waals surface area contributed by atoms with Gasteiger partial charge in [-0.3, -0.25) is 19.7 Å². The Balaban J connectivity index is 1.78. The first kappa shape index (κ1) is 23.8. The number of carbonyl (C=O) groups is 2. The lowest BCUT2D eigenvalue weighted by Crippen LogP contribution is -2.47. The number of nitro groups is 1. The van der Waals surface area contributed by atoms with Gasteiger partial charge < -0.3 is 14.7 Å². The predicted octanol–water partition coefficient (Wildman–Crippen LogP) is 4.24. The second-order valence-corrected chi connectivity index (χ2v) is 7.70. The van der Waals surface area contributed by atoms with E-state index >= 15 is 0 Å². The Labute approximate surface area is 177 Å². The first-order valence-corrected chi connectivity index (χ1v) is 10.8. The van der Waals surface area contributed by atoms with Crippen molar-refractivity contribution in [3.63, 3.8) is 0 Å². The fourth-order valence-corrected chi connectivity index (χ4v) is 3.97. The summed E-state index contributed by atoms with van der Waals surface area (Å²) in [6.07, 6.45) is 8.01. The van der Waals surface area contributed by atoms with E-state index in [-0.39, 0.29) is 28.9 Å². The second kappa shape index (κ2) is 12.3. The van der Waals surface area contributed by atoms with Gasteiger partial charge in [-0.05, 0) is 44.6 Å². The number of nitro benzene ring substituents is 1. The molecule has 1 fully saturated rings. The minimum Gasteiger partial charge on any atom is -0.493 e. The van der Waals surface area contributed by atoms with Crippen LogP contribution in [-0.2, 0) is 4.79 Å². The van der Waals surface area contributed by atoms with Crippen LogP contribution in [0.25, 0.3) is 0 Å². The van der Waals surface area contributed by atoms with Crippen molar-refractivity contribution in [3.05, 3.63) is 33.9 Å². The molecule has 1 amide bonds. The number of aliphatic hydroxyl groups excluding tert-OH is 1. The average Bonchev–Trinajstić information content (AvgIpc) is 2.76. The number of benzene rings is 1. The van der Waals surface area contributed by atoms with Crippen molar-refractivity contribution in [1.29, 1.82) is 0 Å². The first-order chi connectivity index (χ1) is 14.5. The maximum atomic E-state index is 12.7. The maximum absolute atomic E-state index is 12.7. The van der Waals surface area contributed by atoms with E-state index < -0.39 is 11.2 Å². The number of aldehydes is 1. The van der Waals surface area contributed by atoms with Crippen LogP contribution in [0.15, 0.2) is 18.2 Å². The van der Waals surface area contributed by atoms with Crippen LogP contribution in [-0.4, -0.2) is 46.0 Å². The molecule has 0 radical (unpaired) electrons. The summed E-state index contributed by atoms with van der Waals surface area (Å²) in [6, 6.07) is 4.43. The van der Waals surface area contributed by atoms with Crippen LogP contribution >= 0.6 is 0 Å². The van der Waals surface area contributed by atoms with Crippen molar-refractivity contribution in [2.75, 3.05) is 6.61 Å². The molecule has 1 atom stereocenters. The van der Waals surface area contributed by atoms with E-state index in [0.717, 1.165) is 32.1 Å². The van der Waals surface area contributed by atoms with Gasteiger partial charge in [0.05, 0.1) is 11.5 Å². The minimum atomic E-state index is -0.723. The van der Waals surface area contributed by atoms with E-state index in [1.807, 2.05) is 6.92 Å². The third-order valence-electron chi connectivity index (χ3n) is 5.59. The van der Waals surface area contributed by atoms with Crippen LogP contribution < -0.4 is 4.74 Å². The maximum Gasteiger partial charge on any atom is 0.283 e. The number of aliphatic hydroxyl groups is 1. The molecule has 8 nitrogen and oxygen atoms in total. The lowest BCUT2D eigenvalue weighted by Gasteiger charge is -2.37. The van der Waals surface area contributed by atoms with Crippen molar-refractivity contribution in [2.24, 2.45) is 0 Å². The molecular weight excluding hydrogens is 388 g/mol. The Morgan fingerprint density at radius 2 is 2.03 bits per heavy atom. The highest BCUT2D eigenvalue weighted by Gasteiger charge is 2.29. The molecule has 1 aromatic rings. The number of rotatable bonds is 12. The average molecular weight is 421 g/mol. The van der Waals surface area contributed by atoms with Gasteiger partial charge in [-0.15, -0.1) is 0 Å². The van der Waals surface area contributed by atoms with Crippen LogP contribution in [0, 0.1) is 10.1 Å². The molecular formula is C22H32N2O6. The normalized spacial score (nSPS) is 15.4. The molecule has 0 spiro atoms. The zero-order chi connectivity index (χ0) is 21.9. The van der Waals surface area contributed by atoms with Crippen molar-refractivity contribution in [1.82, 2.24) is 4.90 Å². The topological polar surface area (TPSA) is 110 Å². The van der Waals surface area contributed by atoms with Gasteiger partial charge in [0, 0.05) is 18.5 Å². The number of hydrogen-bond acceptors (Lipinski definition) is 6. The molecule has 0 saturated heterocycles. The van der Waals surface area contributed by atoms with Gasteiger partial charge in [-0.2, -0.15) is 0 Å². The Hall–Kier alpha value is -2.48. The third kappa shape index (κ3) is 6.52. The molecule has 1 saturated carbocycles. The van der Waals surface area contributed by atoms with Crippen LogP contribution in [0.4, 0.5) is 5.69 Å². The van der Waals surface area contributed by atoms with Crippen molar-refractivity contribution in [2.45, 2.75) is 83.4 Å². The van der Waals surface area contributed by atoms with Crippen molar-refractivity contribution >= 4 is 17.9 Å².